The van der Waals surface area contributed by atoms with Gasteiger partial charge < -0.3 is 14.5 Å². The summed E-state index contributed by atoms with van der Waals surface area (Å²) in [6, 6.07) is 8.33. The monoisotopic (exact) mass is 390 g/mol. The number of carbonyl (C=O) groups is 2. The number of aromatic nitrogens is 1. The Labute approximate surface area is 158 Å². The van der Waals surface area contributed by atoms with Crippen molar-refractivity contribution in [3.8, 4) is 10.8 Å². The third-order valence-corrected chi connectivity index (χ3v) is 4.80. The summed E-state index contributed by atoms with van der Waals surface area (Å²) in [5.41, 5.74) is 1.18. The fourth-order valence-corrected chi connectivity index (χ4v) is 3.12. The maximum Gasteiger partial charge on any atom is 0.337 e. The number of oxazole rings is 1. The molecule has 0 spiro atoms. The van der Waals surface area contributed by atoms with Crippen molar-refractivity contribution in [2.24, 2.45) is 0 Å². The Morgan fingerprint density at radius 1 is 1.35 bits per heavy atom. The van der Waals surface area contributed by atoms with Crippen molar-refractivity contribution >= 4 is 40.5 Å². The molecule has 0 atom stereocenters. The van der Waals surface area contributed by atoms with Crippen molar-refractivity contribution in [3.63, 3.8) is 0 Å². The summed E-state index contributed by atoms with van der Waals surface area (Å²) in [5.74, 6) is 0.247. The molecule has 134 valence electrons. The molecular weight excluding hydrogens is 376 g/mol. The molecule has 2 heterocycles. The van der Waals surface area contributed by atoms with Crippen LogP contribution in [0.25, 0.3) is 10.8 Å². The Hall–Kier alpha value is -2.64. The van der Waals surface area contributed by atoms with E-state index in [1.54, 1.807) is 6.92 Å². The molecule has 26 heavy (non-hydrogen) atoms. The smallest absolute Gasteiger partial charge is 0.337 e. The van der Waals surface area contributed by atoms with E-state index < -0.39 is 5.97 Å². The molecule has 0 saturated heterocycles. The standard InChI is InChI=1S/C18H15ClN2O4S/c1-10-13(21-17(25-10)15-4-3-7-26-15)9-16(22)20-14-8-11(18(23)24-2)5-6-12(14)19/h3-8H,9H2,1-2H3,(H,20,22). The number of rotatable bonds is 5. The van der Waals surface area contributed by atoms with E-state index in [1.165, 1.54) is 36.6 Å². The third-order valence-electron chi connectivity index (χ3n) is 3.61. The number of nitrogens with zero attached hydrogens (tertiary/aromatic N) is 1. The normalized spacial score (nSPS) is 10.6. The molecule has 0 fully saturated rings. The molecule has 0 aliphatic rings. The molecule has 1 aromatic carbocycles. The highest BCUT2D eigenvalue weighted by molar-refractivity contribution is 7.13. The van der Waals surface area contributed by atoms with E-state index in [0.717, 1.165) is 4.88 Å². The fourth-order valence-electron chi connectivity index (χ4n) is 2.31. The lowest BCUT2D eigenvalue weighted by atomic mass is 10.2. The lowest BCUT2D eigenvalue weighted by Gasteiger charge is -2.08. The van der Waals surface area contributed by atoms with Gasteiger partial charge in [0.2, 0.25) is 11.8 Å². The van der Waals surface area contributed by atoms with Crippen LogP contribution < -0.4 is 5.32 Å². The first-order chi connectivity index (χ1) is 12.5. The Balaban J connectivity index is 1.75. The summed E-state index contributed by atoms with van der Waals surface area (Å²) in [7, 11) is 1.29. The van der Waals surface area contributed by atoms with Gasteiger partial charge in [0.15, 0.2) is 0 Å². The van der Waals surface area contributed by atoms with Crippen molar-refractivity contribution in [3.05, 3.63) is 57.8 Å². The molecule has 1 amide bonds. The number of aryl methyl sites for hydroxylation is 1. The van der Waals surface area contributed by atoms with E-state index in [-0.39, 0.29) is 12.3 Å². The number of hydrogen-bond donors (Lipinski definition) is 1. The molecular formula is C18H15ClN2O4S. The van der Waals surface area contributed by atoms with E-state index in [1.807, 2.05) is 17.5 Å². The molecule has 3 rings (SSSR count). The SMILES string of the molecule is COC(=O)c1ccc(Cl)c(NC(=O)Cc2nc(-c3cccs3)oc2C)c1. The van der Waals surface area contributed by atoms with Crippen LogP contribution in [-0.2, 0) is 16.0 Å². The summed E-state index contributed by atoms with van der Waals surface area (Å²) in [5, 5.41) is 4.94. The molecule has 0 saturated carbocycles. The first-order valence-corrected chi connectivity index (χ1v) is 8.91. The summed E-state index contributed by atoms with van der Waals surface area (Å²) in [6.45, 7) is 1.76. The average Bonchev–Trinajstić information content (AvgIpc) is 3.26. The second-order valence-electron chi connectivity index (χ2n) is 5.41. The predicted octanol–water partition coefficient (Wildman–Crippen LogP) is 4.33. The number of hydrogen-bond acceptors (Lipinski definition) is 6. The number of amides is 1. The number of carbonyl (C=O) groups excluding carboxylic acids is 2. The van der Waals surface area contributed by atoms with Gasteiger partial charge >= 0.3 is 5.97 Å². The number of esters is 1. The first-order valence-electron chi connectivity index (χ1n) is 7.66. The van der Waals surface area contributed by atoms with Crippen molar-refractivity contribution in [1.29, 1.82) is 0 Å². The molecule has 0 bridgehead atoms. The first kappa shape index (κ1) is 18.2. The number of halogens is 1. The van der Waals surface area contributed by atoms with Crippen LogP contribution in [-0.4, -0.2) is 24.0 Å². The number of anilines is 1. The van der Waals surface area contributed by atoms with E-state index in [9.17, 15) is 9.59 Å². The highest BCUT2D eigenvalue weighted by Crippen LogP contribution is 2.27. The van der Waals surface area contributed by atoms with Crippen molar-refractivity contribution in [2.75, 3.05) is 12.4 Å². The third kappa shape index (κ3) is 3.95. The number of thiophene rings is 1. The van der Waals surface area contributed by atoms with Crippen LogP contribution in [0.5, 0.6) is 0 Å². The Bertz CT molecular complexity index is 950. The summed E-state index contributed by atoms with van der Waals surface area (Å²) >= 11 is 7.60. The molecule has 0 radical (unpaired) electrons. The van der Waals surface area contributed by atoms with Gasteiger partial charge in [-0.2, -0.15) is 0 Å². The minimum absolute atomic E-state index is 0.0273. The summed E-state index contributed by atoms with van der Waals surface area (Å²) in [4.78, 5) is 29.3. The Kier molecular flexibility index (Phi) is 5.39. The number of ether oxygens (including phenoxy) is 1. The lowest BCUT2D eigenvalue weighted by Crippen LogP contribution is -2.16. The Morgan fingerprint density at radius 2 is 2.15 bits per heavy atom. The van der Waals surface area contributed by atoms with Crippen molar-refractivity contribution in [2.45, 2.75) is 13.3 Å². The molecule has 0 unspecified atom stereocenters. The zero-order valence-corrected chi connectivity index (χ0v) is 15.6. The number of methoxy groups -OCH3 is 1. The fraction of sp³-hybridized carbons (Fsp3) is 0.167. The van der Waals surface area contributed by atoms with Gasteiger partial charge in [-0.1, -0.05) is 17.7 Å². The van der Waals surface area contributed by atoms with Crippen LogP contribution in [0.3, 0.4) is 0 Å². The molecule has 1 N–H and O–H groups in total. The average molecular weight is 391 g/mol. The van der Waals surface area contributed by atoms with Crippen LogP contribution in [0.2, 0.25) is 5.02 Å². The van der Waals surface area contributed by atoms with E-state index in [2.05, 4.69) is 15.0 Å². The van der Waals surface area contributed by atoms with Crippen LogP contribution >= 0.6 is 22.9 Å². The quantitative estimate of drug-likeness (QED) is 0.655. The van der Waals surface area contributed by atoms with Crippen LogP contribution in [0, 0.1) is 6.92 Å². The maximum absolute atomic E-state index is 12.4. The van der Waals surface area contributed by atoms with Crippen molar-refractivity contribution < 1.29 is 18.7 Å². The maximum atomic E-state index is 12.4. The Morgan fingerprint density at radius 3 is 2.85 bits per heavy atom. The molecule has 2 aromatic heterocycles. The highest BCUT2D eigenvalue weighted by Gasteiger charge is 2.17. The lowest BCUT2D eigenvalue weighted by molar-refractivity contribution is -0.115. The van der Waals surface area contributed by atoms with Gasteiger partial charge in [-0.25, -0.2) is 9.78 Å². The second-order valence-corrected chi connectivity index (χ2v) is 6.77. The van der Waals surface area contributed by atoms with Gasteiger partial charge in [0.05, 0.1) is 40.4 Å². The highest BCUT2D eigenvalue weighted by atomic mass is 35.5. The second kappa shape index (κ2) is 7.72. The van der Waals surface area contributed by atoms with Gasteiger partial charge in [0.1, 0.15) is 5.76 Å². The predicted molar refractivity (Wildman–Crippen MR) is 99.7 cm³/mol. The zero-order chi connectivity index (χ0) is 18.7. The minimum atomic E-state index is -0.509. The topological polar surface area (TPSA) is 81.4 Å². The summed E-state index contributed by atoms with van der Waals surface area (Å²) < 4.78 is 10.3. The number of nitrogens with one attached hydrogen (secondary N) is 1. The molecule has 6 nitrogen and oxygen atoms in total. The molecule has 0 aliphatic carbocycles. The van der Waals surface area contributed by atoms with Gasteiger partial charge in [-0.3, -0.25) is 4.79 Å². The van der Waals surface area contributed by atoms with Crippen LogP contribution in [0.4, 0.5) is 5.69 Å². The molecule has 0 aliphatic heterocycles. The van der Waals surface area contributed by atoms with Gasteiger partial charge in [0.25, 0.3) is 0 Å². The summed E-state index contributed by atoms with van der Waals surface area (Å²) in [6.07, 6.45) is 0.0273. The van der Waals surface area contributed by atoms with Crippen LogP contribution in [0.15, 0.2) is 40.1 Å². The van der Waals surface area contributed by atoms with Crippen LogP contribution in [0.1, 0.15) is 21.8 Å². The molecule has 3 aromatic rings. The molecule has 8 heteroatoms. The van der Waals surface area contributed by atoms with E-state index in [4.69, 9.17) is 16.0 Å². The van der Waals surface area contributed by atoms with Gasteiger partial charge in [-0.05, 0) is 36.6 Å². The zero-order valence-electron chi connectivity index (χ0n) is 14.0. The van der Waals surface area contributed by atoms with E-state index >= 15 is 0 Å². The van der Waals surface area contributed by atoms with Gasteiger partial charge in [-0.15, -0.1) is 11.3 Å². The largest absolute Gasteiger partial charge is 0.465 e. The van der Waals surface area contributed by atoms with Gasteiger partial charge in [0, 0.05) is 0 Å². The van der Waals surface area contributed by atoms with Crippen molar-refractivity contribution in [1.82, 2.24) is 4.98 Å². The van der Waals surface area contributed by atoms with E-state index in [0.29, 0.717) is 33.6 Å². The minimum Gasteiger partial charge on any atom is -0.465 e. The number of benzene rings is 1.